The van der Waals surface area contributed by atoms with Crippen molar-refractivity contribution in [1.29, 1.82) is 0 Å². The first kappa shape index (κ1) is 89.0. The lowest BCUT2D eigenvalue weighted by molar-refractivity contribution is -0.110. The Morgan fingerprint density at radius 1 is 0.442 bits per heavy atom. The lowest BCUT2D eigenvalue weighted by Crippen LogP contribution is -2.48. The minimum Gasteiger partial charge on any atom is -0.544 e. The fraction of sp³-hybridized carbons (Fsp3) is 0.827. The Bertz CT molecular complexity index is 2600. The predicted octanol–water partition coefficient (Wildman–Crippen LogP) is 19.4. The molecule has 3 unspecified atom stereocenters. The highest BCUT2D eigenvalue weighted by Gasteiger charge is 2.61. The largest absolute Gasteiger partial charge is 0.544 e. The highest BCUT2D eigenvalue weighted by atomic mass is 28.4. The van der Waals surface area contributed by atoms with Crippen LogP contribution in [0.15, 0.2) is 48.5 Å². The van der Waals surface area contributed by atoms with Crippen LogP contribution in [0, 0.1) is 11.8 Å². The molecule has 4 saturated heterocycles. The van der Waals surface area contributed by atoms with E-state index in [9.17, 15) is 9.90 Å². The molecule has 0 aliphatic carbocycles. The van der Waals surface area contributed by atoms with E-state index in [1.54, 1.807) is 6.92 Å². The van der Waals surface area contributed by atoms with Crippen molar-refractivity contribution >= 4 is 51.4 Å². The van der Waals surface area contributed by atoms with Crippen molar-refractivity contribution in [2.45, 2.75) is 377 Å². The van der Waals surface area contributed by atoms with Gasteiger partial charge in [0.15, 0.2) is 0 Å². The highest BCUT2D eigenvalue weighted by molar-refractivity contribution is 6.75. The van der Waals surface area contributed by atoms with Crippen LogP contribution in [0.3, 0.4) is 0 Å². The Balaban J connectivity index is 0.000000435. The van der Waals surface area contributed by atoms with Gasteiger partial charge in [0.1, 0.15) is 28.8 Å². The summed E-state index contributed by atoms with van der Waals surface area (Å²) < 4.78 is 73.9. The van der Waals surface area contributed by atoms with E-state index in [0.717, 1.165) is 56.5 Å². The minimum atomic E-state index is -1.83. The van der Waals surface area contributed by atoms with Gasteiger partial charge in [-0.1, -0.05) is 128 Å². The molecule has 20 heteroatoms. The number of hydrogen-bond donors (Lipinski definition) is 1. The average Bonchev–Trinajstić information content (AvgIpc) is 1.64. The number of hydrogen-bond acceptors (Lipinski definition) is 14. The summed E-state index contributed by atoms with van der Waals surface area (Å²) in [6, 6.07) is 16.8. The summed E-state index contributed by atoms with van der Waals surface area (Å²) in [5, 5.41) is 11.4. The molecular weight excluding hydrogens is 1220 g/mol. The lowest BCUT2D eigenvalue weighted by Gasteiger charge is -2.36. The van der Waals surface area contributed by atoms with Crippen molar-refractivity contribution in [2.75, 3.05) is 13.2 Å². The molecule has 4 aliphatic heterocycles. The summed E-state index contributed by atoms with van der Waals surface area (Å²) in [4.78, 5) is 9.50. The second-order valence-electron chi connectivity index (χ2n) is 36.6. The summed E-state index contributed by atoms with van der Waals surface area (Å²) >= 11 is 0. The number of aldehydes is 1. The minimum absolute atomic E-state index is 0.0856. The third kappa shape index (κ3) is 24.0. The lowest BCUT2D eigenvalue weighted by atomic mass is 9.58. The quantitative estimate of drug-likeness (QED) is 0.0880. The third-order valence-electron chi connectivity index (χ3n) is 22.3. The Kier molecular flexibility index (Phi) is 30.5. The molecule has 6 rings (SSSR count). The zero-order chi connectivity index (χ0) is 74.3. The van der Waals surface area contributed by atoms with Crippen LogP contribution in [0.5, 0.6) is 11.5 Å². The van der Waals surface area contributed by atoms with Gasteiger partial charge in [-0.3, -0.25) is 0 Å². The molecule has 4 fully saturated rings. The van der Waals surface area contributed by atoms with Crippen molar-refractivity contribution < 1.29 is 65.5 Å². The maximum atomic E-state index is 11.0. The Hall–Kier alpha value is -2.04. The fourth-order valence-corrected chi connectivity index (χ4v) is 11.2. The number of rotatable bonds is 22. The molecule has 14 nitrogen and oxygen atoms in total. The van der Waals surface area contributed by atoms with Crippen molar-refractivity contribution in [3.8, 4) is 11.5 Å². The SMILES string of the molecule is CC(C)C=O.CC(O)(CCc1ccc(O[Si](C)(C)C(C)(C)C)cc1)B1OC(C)(C)C(C)(C)O1.CCC(C)(C)B1OC(C)(C)C(C)(C)O1.CCC(C)(OCC(C)C)B1OC(C)(C)C(C)(C)O1.CCOC(C)(CCc1ccc(O[Si](C)(C)C(C)(C)C)cc1)B1OC(C)(C)C(C)(C)O1. The normalized spacial score (nSPS) is 21.9. The Morgan fingerprint density at radius 3 is 0.989 bits per heavy atom. The molecule has 0 bridgehead atoms. The van der Waals surface area contributed by atoms with Crippen LogP contribution in [-0.4, -0.2) is 131 Å². The number of aliphatic hydroxyl groups is 1. The van der Waals surface area contributed by atoms with Gasteiger partial charge in [-0.25, -0.2) is 0 Å². The van der Waals surface area contributed by atoms with Crippen LogP contribution in [0.1, 0.15) is 272 Å². The summed E-state index contributed by atoms with van der Waals surface area (Å²) in [5.41, 5.74) is -2.11. The monoisotopic (exact) mass is 1370 g/mol. The number of ether oxygens (including phenoxy) is 2. The molecule has 546 valence electrons. The maximum absolute atomic E-state index is 11.0. The van der Waals surface area contributed by atoms with E-state index in [4.69, 9.17) is 55.6 Å². The van der Waals surface area contributed by atoms with Gasteiger partial charge < -0.3 is 65.5 Å². The molecule has 0 amide bonds. The van der Waals surface area contributed by atoms with Gasteiger partial charge in [-0.05, 0) is 253 Å². The van der Waals surface area contributed by atoms with Gasteiger partial charge in [0.2, 0.25) is 16.6 Å². The van der Waals surface area contributed by atoms with E-state index in [2.05, 4.69) is 243 Å². The third-order valence-corrected chi connectivity index (χ3v) is 31.0. The maximum Gasteiger partial charge on any atom is 0.492 e. The molecular formula is C75H142B4O14Si2. The van der Waals surface area contributed by atoms with E-state index < -0.39 is 46.0 Å². The highest BCUT2D eigenvalue weighted by Crippen LogP contribution is 2.48. The van der Waals surface area contributed by atoms with Crippen molar-refractivity contribution in [3.05, 3.63) is 59.7 Å². The van der Waals surface area contributed by atoms with Gasteiger partial charge in [0.05, 0.1) is 50.3 Å². The molecule has 2 aromatic rings. The topological polar surface area (TPSA) is 148 Å². The smallest absolute Gasteiger partial charge is 0.492 e. The molecule has 0 saturated carbocycles. The summed E-state index contributed by atoms with van der Waals surface area (Å²) in [6.07, 6.45) is 5.87. The van der Waals surface area contributed by atoms with Crippen LogP contribution in [0.4, 0.5) is 0 Å². The van der Waals surface area contributed by atoms with Crippen LogP contribution >= 0.6 is 0 Å². The van der Waals surface area contributed by atoms with E-state index in [-0.39, 0.29) is 81.8 Å². The van der Waals surface area contributed by atoms with E-state index in [1.807, 2.05) is 60.6 Å². The molecule has 3 atom stereocenters. The van der Waals surface area contributed by atoms with E-state index in [0.29, 0.717) is 18.9 Å². The second kappa shape index (κ2) is 32.5. The van der Waals surface area contributed by atoms with Crippen LogP contribution in [-0.2, 0) is 64.3 Å². The fourth-order valence-electron chi connectivity index (χ4n) is 9.14. The Morgan fingerprint density at radius 2 is 0.726 bits per heavy atom. The van der Waals surface area contributed by atoms with Crippen molar-refractivity contribution in [1.82, 2.24) is 0 Å². The standard InChI is InChI=1S/C24H43BO4Si.C22H39BO4Si.C14H29BO3.C11H23BO2.C4H8O/c1-12-26-24(9,25-28-22(5,6)23(7,8)29-25)18-17-19-13-15-20(16-14-19)27-30(10,11)21(2,3)4;1-19(2,3)28(9,10)25-18-13-11-17(12-14-18)15-16-22(8,24)23-26-20(4,5)21(6,7)27-23;1-9-14(8,16-10-11(2)3)15-17-12(4,5)13(6,7)18-15;1-8-9(2,3)12-13-10(4,5)11(6,7)14-12;1-4(2)3-5/h13-16H,12,17-18H2,1-11H3;11-14,24H,15-16H2,1-10H3;11H,9-10H2,1-8H3;8H2,1-7H3;3-4H,1-2H3. The van der Waals surface area contributed by atoms with E-state index >= 15 is 0 Å². The summed E-state index contributed by atoms with van der Waals surface area (Å²) in [7, 11) is -5.05. The zero-order valence-corrected chi connectivity index (χ0v) is 70.1. The van der Waals surface area contributed by atoms with Gasteiger partial charge in [-0.2, -0.15) is 0 Å². The number of aryl methyl sites for hydroxylation is 2. The molecule has 1 N–H and O–H groups in total. The first-order valence-electron chi connectivity index (χ1n) is 35.9. The van der Waals surface area contributed by atoms with Gasteiger partial charge in [-0.15, -0.1) is 0 Å². The second-order valence-corrected chi connectivity index (χ2v) is 46.0. The molecule has 4 aliphatic rings. The first-order valence-corrected chi connectivity index (χ1v) is 41.7. The van der Waals surface area contributed by atoms with Gasteiger partial charge in [0.25, 0.3) is 0 Å². The summed E-state index contributed by atoms with van der Waals surface area (Å²) in [6.45, 7) is 81.6. The molecule has 0 aromatic heterocycles. The Labute approximate surface area is 586 Å². The zero-order valence-electron chi connectivity index (χ0n) is 68.1. The van der Waals surface area contributed by atoms with Crippen molar-refractivity contribution in [3.63, 3.8) is 0 Å². The number of carbonyl (C=O) groups is 1. The molecule has 4 heterocycles. The predicted molar refractivity (Wildman–Crippen MR) is 405 cm³/mol. The van der Waals surface area contributed by atoms with Crippen LogP contribution < -0.4 is 8.85 Å². The average molecular weight is 1370 g/mol. The van der Waals surface area contributed by atoms with Gasteiger partial charge in [0, 0.05) is 19.1 Å². The molecule has 0 spiro atoms. The van der Waals surface area contributed by atoms with Crippen molar-refractivity contribution in [2.24, 2.45) is 11.8 Å². The number of benzene rings is 2. The molecule has 0 radical (unpaired) electrons. The first-order chi connectivity index (χ1) is 42.4. The molecule has 2 aromatic carbocycles. The van der Waals surface area contributed by atoms with E-state index in [1.165, 1.54) is 11.1 Å². The van der Waals surface area contributed by atoms with Crippen LogP contribution in [0.25, 0.3) is 0 Å². The van der Waals surface area contributed by atoms with Crippen LogP contribution in [0.2, 0.25) is 41.6 Å². The summed E-state index contributed by atoms with van der Waals surface area (Å²) in [5.74, 6) is 2.60. The van der Waals surface area contributed by atoms with Gasteiger partial charge >= 0.3 is 28.5 Å². The molecule has 95 heavy (non-hydrogen) atoms. The number of carbonyl (C=O) groups excluding carboxylic acids is 1.